The number of nitrogens with two attached hydrogens (primary N) is 1. The molecule has 0 fully saturated rings. The van der Waals surface area contributed by atoms with Gasteiger partial charge in [0.25, 0.3) is 0 Å². The van der Waals surface area contributed by atoms with Gasteiger partial charge in [-0.3, -0.25) is 5.41 Å². The summed E-state index contributed by atoms with van der Waals surface area (Å²) in [6.07, 6.45) is 0.818. The molecule has 8 heteroatoms. The highest BCUT2D eigenvalue weighted by Gasteiger charge is 2.44. The number of carboxylic acid groups (broad SMARTS) is 1. The number of fused-ring (bicyclic) bond motifs is 5. The number of anilines is 1. The number of phenolic OH excluding ortho intramolecular Hbond substituents is 1. The normalized spacial score (nSPS) is 18.7. The van der Waals surface area contributed by atoms with E-state index in [2.05, 4.69) is 17.4 Å². The Morgan fingerprint density at radius 3 is 2.41 bits per heavy atom. The lowest BCUT2D eigenvalue weighted by Crippen LogP contribution is -2.31. The van der Waals surface area contributed by atoms with Gasteiger partial charge in [0.05, 0.1) is 18.7 Å². The van der Waals surface area contributed by atoms with Crippen molar-refractivity contribution in [2.45, 2.75) is 18.4 Å². The van der Waals surface area contributed by atoms with Crippen molar-refractivity contribution in [2.75, 3.05) is 12.4 Å². The van der Waals surface area contributed by atoms with E-state index in [1.165, 1.54) is 36.4 Å². The Balaban J connectivity index is 1.48. The highest BCUT2D eigenvalue weighted by atomic mass is 16.5. The van der Waals surface area contributed by atoms with E-state index in [9.17, 15) is 15.0 Å². The summed E-state index contributed by atoms with van der Waals surface area (Å²) < 4.78 is 11.7. The molecule has 0 aromatic heterocycles. The van der Waals surface area contributed by atoms with Crippen LogP contribution in [0, 0.1) is 11.3 Å². The third kappa shape index (κ3) is 4.20. The van der Waals surface area contributed by atoms with Crippen LogP contribution in [0.15, 0.2) is 78.9 Å². The van der Waals surface area contributed by atoms with Crippen molar-refractivity contribution >= 4 is 17.5 Å². The molecule has 3 atom stereocenters. The monoisotopic (exact) mass is 521 g/mol. The van der Waals surface area contributed by atoms with E-state index in [1.54, 1.807) is 18.2 Å². The Bertz CT molecular complexity index is 1620. The van der Waals surface area contributed by atoms with Crippen molar-refractivity contribution in [3.63, 3.8) is 0 Å². The first-order valence-corrected chi connectivity index (χ1v) is 12.6. The molecule has 4 aromatic carbocycles. The minimum absolute atomic E-state index is 0.0237. The van der Waals surface area contributed by atoms with Gasteiger partial charge in [-0.1, -0.05) is 24.3 Å². The molecule has 6 N–H and O–H groups in total. The average molecular weight is 522 g/mol. The predicted molar refractivity (Wildman–Crippen MR) is 147 cm³/mol. The van der Waals surface area contributed by atoms with Crippen LogP contribution in [0.2, 0.25) is 0 Å². The van der Waals surface area contributed by atoms with Crippen molar-refractivity contribution in [1.82, 2.24) is 0 Å². The van der Waals surface area contributed by atoms with E-state index in [0.29, 0.717) is 22.8 Å². The van der Waals surface area contributed by atoms with Crippen molar-refractivity contribution in [3.05, 3.63) is 112 Å². The molecule has 0 bridgehead atoms. The number of hydrogen-bond donors (Lipinski definition) is 5. The first-order chi connectivity index (χ1) is 18.8. The molecule has 2 aliphatic rings. The van der Waals surface area contributed by atoms with Gasteiger partial charge in [0.1, 0.15) is 17.3 Å². The molecule has 6 rings (SSSR count). The van der Waals surface area contributed by atoms with E-state index in [1.807, 2.05) is 30.3 Å². The van der Waals surface area contributed by atoms with Crippen molar-refractivity contribution < 1.29 is 24.5 Å². The minimum atomic E-state index is -1.02. The number of hydrogen-bond acceptors (Lipinski definition) is 6. The number of amidine groups is 1. The maximum Gasteiger partial charge on any atom is 0.335 e. The van der Waals surface area contributed by atoms with Crippen LogP contribution in [0.3, 0.4) is 0 Å². The Labute approximate surface area is 225 Å². The third-order valence-corrected chi connectivity index (χ3v) is 7.69. The topological polar surface area (TPSA) is 138 Å². The molecule has 0 spiro atoms. The summed E-state index contributed by atoms with van der Waals surface area (Å²) in [5.41, 5.74) is 12.0. The van der Waals surface area contributed by atoms with Gasteiger partial charge in [0.15, 0.2) is 11.5 Å². The number of nitrogens with one attached hydrogen (secondary N) is 2. The number of ether oxygens (including phenoxy) is 2. The van der Waals surface area contributed by atoms with E-state index < -0.39 is 5.97 Å². The molecule has 196 valence electrons. The summed E-state index contributed by atoms with van der Waals surface area (Å²) in [5, 5.41) is 31.6. The molecule has 8 nitrogen and oxygen atoms in total. The largest absolute Gasteiger partial charge is 0.504 e. The summed E-state index contributed by atoms with van der Waals surface area (Å²) in [5.74, 6) is 0.307. The fraction of sp³-hybridized carbons (Fsp3) is 0.161. The highest BCUT2D eigenvalue weighted by Crippen LogP contribution is 2.56. The summed E-state index contributed by atoms with van der Waals surface area (Å²) in [6.45, 7) is 0. The van der Waals surface area contributed by atoms with E-state index in [4.69, 9.17) is 20.6 Å². The summed E-state index contributed by atoms with van der Waals surface area (Å²) >= 11 is 0. The van der Waals surface area contributed by atoms with Crippen molar-refractivity contribution in [1.29, 1.82) is 5.41 Å². The number of phenols is 1. The fourth-order valence-corrected chi connectivity index (χ4v) is 5.89. The Hall–Kier alpha value is -4.98. The zero-order valence-electron chi connectivity index (χ0n) is 21.1. The summed E-state index contributed by atoms with van der Waals surface area (Å²) in [6, 6.07) is 23.5. The highest BCUT2D eigenvalue weighted by molar-refractivity contribution is 5.95. The van der Waals surface area contributed by atoms with Crippen molar-refractivity contribution in [2.24, 2.45) is 11.7 Å². The smallest absolute Gasteiger partial charge is 0.335 e. The molecule has 1 aliphatic heterocycles. The number of benzene rings is 4. The van der Waals surface area contributed by atoms with Gasteiger partial charge < -0.3 is 30.7 Å². The SMILES string of the molecule is COc1cc(C2Nc3ccc(C(=N)N)cc3C3c4ccccc4CC23)c(Oc2ccc(C(=O)O)cc2)cc1O. The van der Waals surface area contributed by atoms with Gasteiger partial charge in [0.2, 0.25) is 0 Å². The number of methoxy groups -OCH3 is 1. The second-order valence-electron chi connectivity index (χ2n) is 9.88. The molecule has 3 unspecified atom stereocenters. The second kappa shape index (κ2) is 9.40. The van der Waals surface area contributed by atoms with Gasteiger partial charge in [-0.05, 0) is 77.6 Å². The molecular weight excluding hydrogens is 494 g/mol. The number of rotatable bonds is 6. The Morgan fingerprint density at radius 2 is 1.69 bits per heavy atom. The number of aromatic hydroxyl groups is 1. The third-order valence-electron chi connectivity index (χ3n) is 7.69. The summed E-state index contributed by atoms with van der Waals surface area (Å²) in [7, 11) is 1.51. The number of carboxylic acids is 1. The maximum absolute atomic E-state index is 11.3. The van der Waals surface area contributed by atoms with Crippen LogP contribution < -0.4 is 20.5 Å². The molecule has 4 aromatic rings. The molecule has 0 saturated heterocycles. The van der Waals surface area contributed by atoms with E-state index in [0.717, 1.165) is 23.2 Å². The molecule has 0 radical (unpaired) electrons. The fourth-order valence-electron chi connectivity index (χ4n) is 5.89. The number of nitrogen functional groups attached to an aromatic ring is 1. The lowest BCUT2D eigenvalue weighted by atomic mass is 9.75. The first kappa shape index (κ1) is 24.4. The first-order valence-electron chi connectivity index (χ1n) is 12.6. The molecule has 1 heterocycles. The van der Waals surface area contributed by atoms with E-state index >= 15 is 0 Å². The number of carbonyl (C=O) groups is 1. The van der Waals surface area contributed by atoms with Gasteiger partial charge >= 0.3 is 5.97 Å². The number of aromatic carboxylic acids is 1. The predicted octanol–water partition coefficient (Wildman–Crippen LogP) is 5.65. The van der Waals surface area contributed by atoms with Crippen LogP contribution in [0.1, 0.15) is 50.1 Å². The molecular formula is C31H27N3O5. The van der Waals surface area contributed by atoms with Crippen LogP contribution in [0.4, 0.5) is 5.69 Å². The van der Waals surface area contributed by atoms with Crippen LogP contribution in [0.25, 0.3) is 0 Å². The average Bonchev–Trinajstić information content (AvgIpc) is 3.33. The van der Waals surface area contributed by atoms with Crippen LogP contribution >= 0.6 is 0 Å². The standard InChI is InChI=1S/C31H27N3O5/c1-38-27-14-22(26(15-25(27)35)39-19-9-6-16(7-10-19)31(36)37)29-23-12-17-4-2-3-5-20(17)28(23)21-13-18(30(32)33)8-11-24(21)34-29/h2-11,13-15,23,28-29,34-35H,12H2,1H3,(H3,32,33)(H,36,37). The molecule has 0 saturated carbocycles. The lowest BCUT2D eigenvalue weighted by Gasteiger charge is -2.38. The maximum atomic E-state index is 11.3. The lowest BCUT2D eigenvalue weighted by molar-refractivity contribution is 0.0697. The zero-order chi connectivity index (χ0) is 27.3. The van der Waals surface area contributed by atoms with Gasteiger partial charge in [0, 0.05) is 28.8 Å². The Kier molecular flexibility index (Phi) is 5.87. The van der Waals surface area contributed by atoms with Crippen LogP contribution in [-0.4, -0.2) is 29.1 Å². The van der Waals surface area contributed by atoms with Crippen LogP contribution in [-0.2, 0) is 6.42 Å². The quantitative estimate of drug-likeness (QED) is 0.163. The van der Waals surface area contributed by atoms with Gasteiger partial charge in [-0.15, -0.1) is 0 Å². The van der Waals surface area contributed by atoms with Gasteiger partial charge in [-0.25, -0.2) is 4.79 Å². The van der Waals surface area contributed by atoms with Crippen LogP contribution in [0.5, 0.6) is 23.0 Å². The minimum Gasteiger partial charge on any atom is -0.504 e. The Morgan fingerprint density at radius 1 is 0.949 bits per heavy atom. The van der Waals surface area contributed by atoms with Crippen molar-refractivity contribution in [3.8, 4) is 23.0 Å². The molecule has 1 aliphatic carbocycles. The molecule has 39 heavy (non-hydrogen) atoms. The zero-order valence-corrected chi connectivity index (χ0v) is 21.1. The molecule has 0 amide bonds. The van der Waals surface area contributed by atoms with E-state index in [-0.39, 0.29) is 35.0 Å². The second-order valence-corrected chi connectivity index (χ2v) is 9.88. The van der Waals surface area contributed by atoms with Gasteiger partial charge in [-0.2, -0.15) is 0 Å². The summed E-state index contributed by atoms with van der Waals surface area (Å²) in [4.78, 5) is 11.3.